The maximum Gasteiger partial charge on any atom is 0.143 e. The van der Waals surface area contributed by atoms with Crippen molar-refractivity contribution in [3.63, 3.8) is 0 Å². The molecule has 0 fully saturated rings. The maximum atomic E-state index is 6.67. The first-order valence-electron chi connectivity index (χ1n) is 19.4. The first kappa shape index (κ1) is 32.8. The van der Waals surface area contributed by atoms with Gasteiger partial charge >= 0.3 is 0 Å². The Balaban J connectivity index is 1.22. The summed E-state index contributed by atoms with van der Waals surface area (Å²) in [4.78, 5) is 2.43. The fourth-order valence-corrected chi connectivity index (χ4v) is 8.57. The van der Waals surface area contributed by atoms with Gasteiger partial charge in [0.05, 0.1) is 16.7 Å². The predicted octanol–water partition coefficient (Wildman–Crippen LogP) is 15.2. The Kier molecular flexibility index (Phi) is 7.82. The van der Waals surface area contributed by atoms with E-state index in [1.165, 1.54) is 16.3 Å². The van der Waals surface area contributed by atoms with Gasteiger partial charge in [-0.1, -0.05) is 158 Å². The summed E-state index contributed by atoms with van der Waals surface area (Å²) in [5.74, 6) is 0. The summed E-state index contributed by atoms with van der Waals surface area (Å²) in [6.45, 7) is 0. The van der Waals surface area contributed by atoms with Crippen molar-refractivity contribution in [2.24, 2.45) is 0 Å². The monoisotopic (exact) mass is 728 g/mol. The lowest BCUT2D eigenvalue weighted by Gasteiger charge is -2.29. The topological polar surface area (TPSA) is 21.3 Å². The van der Waals surface area contributed by atoms with Crippen LogP contribution in [0.4, 0.5) is 17.1 Å². The third-order valence-electron chi connectivity index (χ3n) is 11.2. The van der Waals surface area contributed by atoms with E-state index >= 15 is 0 Å². The highest BCUT2D eigenvalue weighted by Crippen LogP contribution is 2.47. The van der Waals surface area contributed by atoms with Crippen LogP contribution < -0.4 is 4.90 Å². The zero-order valence-electron chi connectivity index (χ0n) is 31.1. The van der Waals surface area contributed by atoms with Crippen molar-refractivity contribution in [1.82, 2.24) is 4.57 Å². The van der Waals surface area contributed by atoms with Crippen LogP contribution in [0.1, 0.15) is 0 Å². The molecule has 0 aliphatic rings. The van der Waals surface area contributed by atoms with Gasteiger partial charge in [-0.15, -0.1) is 0 Å². The minimum atomic E-state index is 0.883. The second-order valence-electron chi connectivity index (χ2n) is 14.5. The minimum Gasteiger partial charge on any atom is -0.455 e. The van der Waals surface area contributed by atoms with Crippen LogP contribution in [0, 0.1) is 0 Å². The van der Waals surface area contributed by atoms with Crippen LogP contribution in [-0.4, -0.2) is 4.57 Å². The Morgan fingerprint density at radius 3 is 1.68 bits per heavy atom. The molecule has 0 unspecified atom stereocenters. The largest absolute Gasteiger partial charge is 0.455 e. The molecule has 268 valence electrons. The maximum absolute atomic E-state index is 6.67. The summed E-state index contributed by atoms with van der Waals surface area (Å²) in [6.07, 6.45) is 0. The lowest BCUT2D eigenvalue weighted by molar-refractivity contribution is 0.670. The molecular weight excluding hydrogens is 693 g/mol. The molecule has 0 amide bonds. The van der Waals surface area contributed by atoms with Gasteiger partial charge in [-0.3, -0.25) is 0 Å². The number of para-hydroxylation sites is 5. The van der Waals surface area contributed by atoms with E-state index in [2.05, 4.69) is 222 Å². The molecule has 11 rings (SSSR count). The van der Waals surface area contributed by atoms with Gasteiger partial charge in [-0.05, 0) is 82.9 Å². The molecule has 0 atom stereocenters. The minimum absolute atomic E-state index is 0.883. The number of benzene rings is 9. The molecule has 11 aromatic rings. The molecule has 3 nitrogen and oxygen atoms in total. The van der Waals surface area contributed by atoms with E-state index in [0.29, 0.717) is 0 Å². The second kappa shape index (κ2) is 13.6. The average molecular weight is 729 g/mol. The van der Waals surface area contributed by atoms with Crippen LogP contribution in [0.5, 0.6) is 0 Å². The number of hydrogen-bond donors (Lipinski definition) is 0. The zero-order chi connectivity index (χ0) is 37.7. The molecule has 0 aliphatic carbocycles. The van der Waals surface area contributed by atoms with E-state index in [4.69, 9.17) is 4.42 Å². The lowest BCUT2D eigenvalue weighted by atomic mass is 9.96. The molecule has 0 bridgehead atoms. The van der Waals surface area contributed by atoms with Crippen molar-refractivity contribution in [3.05, 3.63) is 218 Å². The summed E-state index contributed by atoms with van der Waals surface area (Å²) >= 11 is 0. The Hall–Kier alpha value is -7.62. The number of rotatable bonds is 7. The van der Waals surface area contributed by atoms with Crippen LogP contribution in [-0.2, 0) is 0 Å². The van der Waals surface area contributed by atoms with E-state index in [0.717, 1.165) is 83.6 Å². The molecule has 57 heavy (non-hydrogen) atoms. The molecule has 2 aromatic heterocycles. The highest BCUT2D eigenvalue weighted by atomic mass is 16.3. The van der Waals surface area contributed by atoms with Crippen LogP contribution in [0.3, 0.4) is 0 Å². The number of furan rings is 1. The molecule has 9 aromatic carbocycles. The van der Waals surface area contributed by atoms with Crippen molar-refractivity contribution in [3.8, 4) is 39.1 Å². The summed E-state index contributed by atoms with van der Waals surface area (Å²) in [5.41, 5.74) is 15.1. The normalized spacial score (nSPS) is 11.5. The van der Waals surface area contributed by atoms with E-state index in [1.54, 1.807) is 0 Å². The number of nitrogens with zero attached hydrogens (tertiary/aromatic N) is 2. The Morgan fingerprint density at radius 1 is 0.351 bits per heavy atom. The molecule has 0 radical (unpaired) electrons. The van der Waals surface area contributed by atoms with Crippen molar-refractivity contribution in [2.45, 2.75) is 0 Å². The molecule has 0 saturated heterocycles. The summed E-state index contributed by atoms with van der Waals surface area (Å²) in [6, 6.07) is 78.2. The van der Waals surface area contributed by atoms with Crippen molar-refractivity contribution in [2.75, 3.05) is 4.90 Å². The summed E-state index contributed by atoms with van der Waals surface area (Å²) in [5, 5.41) is 4.66. The Labute approximate surface area is 330 Å². The van der Waals surface area contributed by atoms with Gasteiger partial charge in [0.2, 0.25) is 0 Å². The van der Waals surface area contributed by atoms with Gasteiger partial charge in [0.15, 0.2) is 0 Å². The van der Waals surface area contributed by atoms with Gasteiger partial charge < -0.3 is 13.9 Å². The molecular formula is C54H36N2O. The fraction of sp³-hybridized carbons (Fsp3) is 0. The smallest absolute Gasteiger partial charge is 0.143 e. The zero-order valence-corrected chi connectivity index (χ0v) is 31.1. The van der Waals surface area contributed by atoms with E-state index < -0.39 is 0 Å². The standard InChI is InChI=1S/C54H36N2O/c1-4-17-37(18-5-1)39-33-40(38-19-6-2-7-20-38)35-43(34-39)55(42-31-32-46-44-23-10-14-29-51(44)56(52(46)36-42)41-21-8-3-9-22-41)50-28-13-11-24-45(50)48-26-16-27-49-47-25-12-15-30-53(47)57-54(48)49/h1-36H. The second-order valence-corrected chi connectivity index (χ2v) is 14.5. The van der Waals surface area contributed by atoms with Crippen molar-refractivity contribution >= 4 is 60.8 Å². The van der Waals surface area contributed by atoms with Crippen molar-refractivity contribution in [1.29, 1.82) is 0 Å². The highest BCUT2D eigenvalue weighted by molar-refractivity contribution is 6.12. The van der Waals surface area contributed by atoms with Crippen LogP contribution in [0.25, 0.3) is 82.8 Å². The van der Waals surface area contributed by atoms with Gasteiger partial charge in [0, 0.05) is 49.7 Å². The Bertz CT molecular complexity index is 3180. The average Bonchev–Trinajstić information content (AvgIpc) is 3.83. The first-order chi connectivity index (χ1) is 28.3. The quantitative estimate of drug-likeness (QED) is 0.163. The third-order valence-corrected chi connectivity index (χ3v) is 11.2. The summed E-state index contributed by atoms with van der Waals surface area (Å²) in [7, 11) is 0. The predicted molar refractivity (Wildman–Crippen MR) is 239 cm³/mol. The van der Waals surface area contributed by atoms with E-state index in [1.807, 2.05) is 6.07 Å². The van der Waals surface area contributed by atoms with E-state index in [-0.39, 0.29) is 0 Å². The highest BCUT2D eigenvalue weighted by Gasteiger charge is 2.23. The molecule has 0 spiro atoms. The van der Waals surface area contributed by atoms with Crippen LogP contribution in [0.15, 0.2) is 223 Å². The van der Waals surface area contributed by atoms with Gasteiger partial charge in [0.1, 0.15) is 11.2 Å². The molecule has 0 saturated carbocycles. The molecule has 3 heteroatoms. The molecule has 2 heterocycles. The molecule has 0 aliphatic heterocycles. The van der Waals surface area contributed by atoms with Crippen LogP contribution >= 0.6 is 0 Å². The SMILES string of the molecule is c1ccc(-c2cc(-c3ccccc3)cc(N(c3ccc4c5ccccc5n(-c5ccccc5)c4c3)c3ccccc3-c3cccc4c3oc3ccccc34)c2)cc1. The fourth-order valence-electron chi connectivity index (χ4n) is 8.57. The first-order valence-corrected chi connectivity index (χ1v) is 19.4. The van der Waals surface area contributed by atoms with Crippen molar-refractivity contribution < 1.29 is 4.42 Å². The number of aromatic nitrogens is 1. The molecule has 0 N–H and O–H groups in total. The van der Waals surface area contributed by atoms with E-state index in [9.17, 15) is 0 Å². The number of fused-ring (bicyclic) bond motifs is 6. The summed E-state index contributed by atoms with van der Waals surface area (Å²) < 4.78 is 9.06. The lowest BCUT2D eigenvalue weighted by Crippen LogP contribution is -2.12. The number of hydrogen-bond acceptors (Lipinski definition) is 2. The van der Waals surface area contributed by atoms with Gasteiger partial charge in [-0.2, -0.15) is 0 Å². The van der Waals surface area contributed by atoms with Gasteiger partial charge in [-0.25, -0.2) is 0 Å². The van der Waals surface area contributed by atoms with Crippen LogP contribution in [0.2, 0.25) is 0 Å². The number of anilines is 3. The third kappa shape index (κ3) is 5.60. The Morgan fingerprint density at radius 2 is 0.930 bits per heavy atom. The van der Waals surface area contributed by atoms with Gasteiger partial charge in [0.25, 0.3) is 0 Å².